The van der Waals surface area contributed by atoms with E-state index in [4.69, 9.17) is 4.42 Å². The number of aryl methyl sites for hydroxylation is 1. The summed E-state index contributed by atoms with van der Waals surface area (Å²) < 4.78 is 5.59. The van der Waals surface area contributed by atoms with Crippen molar-refractivity contribution in [1.29, 1.82) is 0 Å². The van der Waals surface area contributed by atoms with Crippen LogP contribution in [0.2, 0.25) is 0 Å². The van der Waals surface area contributed by atoms with E-state index in [0.717, 1.165) is 30.8 Å². The molecule has 94 valence electrons. The van der Waals surface area contributed by atoms with Gasteiger partial charge in [-0.1, -0.05) is 6.07 Å². The summed E-state index contributed by atoms with van der Waals surface area (Å²) in [6, 6.07) is 3.89. The average molecular weight is 262 g/mol. The number of thiophene rings is 1. The number of oxazole rings is 1. The molecule has 0 N–H and O–H groups in total. The Labute approximate surface area is 109 Å². The number of hydrogen-bond donors (Lipinski definition) is 0. The molecule has 0 spiro atoms. The molecule has 0 atom stereocenters. The number of hydrogen-bond acceptors (Lipinski definition) is 4. The van der Waals surface area contributed by atoms with E-state index in [2.05, 4.69) is 4.98 Å². The minimum Gasteiger partial charge on any atom is -0.440 e. The van der Waals surface area contributed by atoms with Crippen molar-refractivity contribution < 1.29 is 9.21 Å². The second-order valence-electron chi connectivity index (χ2n) is 4.40. The van der Waals surface area contributed by atoms with Gasteiger partial charge in [0.25, 0.3) is 5.91 Å². The minimum absolute atomic E-state index is 0.00319. The normalized spacial score (nSPS) is 15.3. The molecule has 1 saturated heterocycles. The Hall–Kier alpha value is -1.62. The van der Waals surface area contributed by atoms with E-state index in [1.807, 2.05) is 22.4 Å². The van der Waals surface area contributed by atoms with Gasteiger partial charge >= 0.3 is 0 Å². The van der Waals surface area contributed by atoms with Crippen LogP contribution in [-0.4, -0.2) is 28.9 Å². The second-order valence-corrected chi connectivity index (χ2v) is 5.35. The quantitative estimate of drug-likeness (QED) is 0.836. The van der Waals surface area contributed by atoms with Crippen molar-refractivity contribution in [2.45, 2.75) is 19.8 Å². The lowest BCUT2D eigenvalue weighted by atomic mass is 10.3. The van der Waals surface area contributed by atoms with E-state index >= 15 is 0 Å². The summed E-state index contributed by atoms with van der Waals surface area (Å²) in [6.45, 7) is 3.46. The molecule has 2 aromatic heterocycles. The van der Waals surface area contributed by atoms with Crippen molar-refractivity contribution in [2.75, 3.05) is 13.1 Å². The molecule has 1 aliphatic rings. The van der Waals surface area contributed by atoms with Crippen molar-refractivity contribution in [2.24, 2.45) is 0 Å². The van der Waals surface area contributed by atoms with E-state index in [-0.39, 0.29) is 5.91 Å². The second kappa shape index (κ2) is 4.57. The maximum atomic E-state index is 12.3. The van der Waals surface area contributed by atoms with E-state index in [9.17, 15) is 4.79 Å². The van der Waals surface area contributed by atoms with Crippen LogP contribution < -0.4 is 0 Å². The summed E-state index contributed by atoms with van der Waals surface area (Å²) in [4.78, 5) is 19.4. The Kier molecular flexibility index (Phi) is 2.91. The molecule has 0 saturated carbocycles. The van der Waals surface area contributed by atoms with Crippen LogP contribution >= 0.6 is 11.3 Å². The van der Waals surface area contributed by atoms with Crippen LogP contribution in [0.15, 0.2) is 21.9 Å². The number of carbonyl (C=O) groups excluding carboxylic acids is 1. The third kappa shape index (κ3) is 1.95. The van der Waals surface area contributed by atoms with Gasteiger partial charge in [-0.25, -0.2) is 4.98 Å². The Morgan fingerprint density at radius 2 is 2.22 bits per heavy atom. The fourth-order valence-corrected chi connectivity index (χ4v) is 2.82. The zero-order chi connectivity index (χ0) is 12.5. The Morgan fingerprint density at radius 3 is 2.89 bits per heavy atom. The van der Waals surface area contributed by atoms with Crippen molar-refractivity contribution in [1.82, 2.24) is 9.88 Å². The summed E-state index contributed by atoms with van der Waals surface area (Å²) in [7, 11) is 0. The molecule has 1 aliphatic heterocycles. The van der Waals surface area contributed by atoms with Gasteiger partial charge < -0.3 is 9.32 Å². The molecule has 18 heavy (non-hydrogen) atoms. The Morgan fingerprint density at radius 1 is 1.44 bits per heavy atom. The smallest absolute Gasteiger partial charge is 0.276 e. The van der Waals surface area contributed by atoms with E-state index in [1.165, 1.54) is 0 Å². The zero-order valence-corrected chi connectivity index (χ0v) is 11.0. The van der Waals surface area contributed by atoms with E-state index < -0.39 is 0 Å². The van der Waals surface area contributed by atoms with Crippen LogP contribution in [0.3, 0.4) is 0 Å². The summed E-state index contributed by atoms with van der Waals surface area (Å²) in [5.74, 6) is 1.15. The minimum atomic E-state index is -0.00319. The summed E-state index contributed by atoms with van der Waals surface area (Å²) in [6.07, 6.45) is 2.17. The largest absolute Gasteiger partial charge is 0.440 e. The molecule has 0 radical (unpaired) electrons. The zero-order valence-electron chi connectivity index (χ0n) is 10.2. The molecule has 1 fully saturated rings. The van der Waals surface area contributed by atoms with Crippen LogP contribution in [0.1, 0.15) is 29.1 Å². The lowest BCUT2D eigenvalue weighted by molar-refractivity contribution is 0.0786. The maximum Gasteiger partial charge on any atom is 0.276 e. The molecule has 1 amide bonds. The maximum absolute atomic E-state index is 12.3. The van der Waals surface area contributed by atoms with Gasteiger partial charge in [0.05, 0.1) is 4.88 Å². The fourth-order valence-electron chi connectivity index (χ4n) is 2.17. The van der Waals surface area contributed by atoms with Gasteiger partial charge in [0.2, 0.25) is 5.89 Å². The van der Waals surface area contributed by atoms with Gasteiger partial charge in [-0.05, 0) is 31.2 Å². The van der Waals surface area contributed by atoms with Crippen LogP contribution in [0.4, 0.5) is 0 Å². The first-order valence-corrected chi connectivity index (χ1v) is 6.94. The van der Waals surface area contributed by atoms with Crippen molar-refractivity contribution in [3.8, 4) is 10.8 Å². The topological polar surface area (TPSA) is 46.3 Å². The molecule has 5 heteroatoms. The van der Waals surface area contributed by atoms with E-state index in [1.54, 1.807) is 18.3 Å². The molecule has 4 nitrogen and oxygen atoms in total. The number of likely N-dealkylation sites (tertiary alicyclic amines) is 1. The van der Waals surface area contributed by atoms with Crippen LogP contribution in [0, 0.1) is 6.92 Å². The molecule has 0 unspecified atom stereocenters. The highest BCUT2D eigenvalue weighted by Crippen LogP contribution is 2.26. The molecule has 3 rings (SSSR count). The standard InChI is InChI=1S/C13H14N2O2S/c1-9-11(13(16)15-6-2-3-7-15)14-12(17-9)10-5-4-8-18-10/h4-5,8H,2-3,6-7H2,1H3. The van der Waals surface area contributed by atoms with Gasteiger partial charge in [0, 0.05) is 13.1 Å². The monoisotopic (exact) mass is 262 g/mol. The Bertz CT molecular complexity index is 554. The first-order valence-electron chi connectivity index (χ1n) is 6.06. The van der Waals surface area contributed by atoms with Gasteiger partial charge in [-0.15, -0.1) is 11.3 Å². The highest BCUT2D eigenvalue weighted by atomic mass is 32.1. The first-order chi connectivity index (χ1) is 8.75. The van der Waals surface area contributed by atoms with Crippen molar-refractivity contribution in [3.63, 3.8) is 0 Å². The number of amides is 1. The van der Waals surface area contributed by atoms with Gasteiger partial charge in [0.1, 0.15) is 5.76 Å². The predicted octanol–water partition coefficient (Wildman–Crippen LogP) is 2.95. The molecule has 0 aromatic carbocycles. The molecule has 3 heterocycles. The number of rotatable bonds is 2. The first kappa shape index (κ1) is 11.5. The van der Waals surface area contributed by atoms with Crippen LogP contribution in [0.5, 0.6) is 0 Å². The van der Waals surface area contributed by atoms with Gasteiger partial charge in [-0.3, -0.25) is 4.79 Å². The highest BCUT2D eigenvalue weighted by molar-refractivity contribution is 7.13. The molecule has 0 aliphatic carbocycles. The molecule has 0 bridgehead atoms. The third-order valence-corrected chi connectivity index (χ3v) is 3.98. The number of nitrogens with zero attached hydrogens (tertiary/aromatic N) is 2. The van der Waals surface area contributed by atoms with E-state index in [0.29, 0.717) is 17.3 Å². The lowest BCUT2D eigenvalue weighted by Gasteiger charge is -2.12. The highest BCUT2D eigenvalue weighted by Gasteiger charge is 2.25. The summed E-state index contributed by atoms with van der Waals surface area (Å²) in [5.41, 5.74) is 0.459. The van der Waals surface area contributed by atoms with Gasteiger partial charge in [0.15, 0.2) is 5.69 Å². The van der Waals surface area contributed by atoms with Crippen LogP contribution in [-0.2, 0) is 0 Å². The predicted molar refractivity (Wildman–Crippen MR) is 69.7 cm³/mol. The summed E-state index contributed by atoms with van der Waals surface area (Å²) >= 11 is 1.56. The number of aromatic nitrogens is 1. The van der Waals surface area contributed by atoms with Gasteiger partial charge in [-0.2, -0.15) is 0 Å². The van der Waals surface area contributed by atoms with Crippen LogP contribution in [0.25, 0.3) is 10.8 Å². The molecular weight excluding hydrogens is 248 g/mol. The van der Waals surface area contributed by atoms with Crippen molar-refractivity contribution >= 4 is 17.2 Å². The SMILES string of the molecule is Cc1oc(-c2cccs2)nc1C(=O)N1CCCC1. The third-order valence-electron chi connectivity index (χ3n) is 3.12. The molecule has 2 aromatic rings. The lowest BCUT2D eigenvalue weighted by Crippen LogP contribution is -2.28. The fraction of sp³-hybridized carbons (Fsp3) is 0.385. The molecular formula is C13H14N2O2S. The Balaban J connectivity index is 1.90. The number of carbonyl (C=O) groups is 1. The summed E-state index contributed by atoms with van der Waals surface area (Å²) in [5, 5.41) is 1.97. The van der Waals surface area contributed by atoms with Crippen molar-refractivity contribution in [3.05, 3.63) is 29.0 Å². The average Bonchev–Trinajstić information content (AvgIpc) is 3.10.